The van der Waals surface area contributed by atoms with Crippen molar-refractivity contribution in [3.05, 3.63) is 86.4 Å². The zero-order valence-corrected chi connectivity index (χ0v) is 21.9. The highest BCUT2D eigenvalue weighted by Gasteiger charge is 2.38. The van der Waals surface area contributed by atoms with Crippen LogP contribution in [0.4, 0.5) is 17.1 Å². The van der Waals surface area contributed by atoms with Gasteiger partial charge in [-0.2, -0.15) is 5.26 Å². The predicted octanol–water partition coefficient (Wildman–Crippen LogP) is 6.70. The van der Waals surface area contributed by atoms with E-state index in [1.54, 1.807) is 0 Å². The van der Waals surface area contributed by atoms with Gasteiger partial charge >= 0.3 is 0 Å². The summed E-state index contributed by atoms with van der Waals surface area (Å²) in [6, 6.07) is 19.7. The Morgan fingerprint density at radius 3 is 1.03 bits per heavy atom. The molecule has 0 aliphatic rings. The third-order valence-corrected chi connectivity index (χ3v) is 6.66. The smallest absolute Gasteiger partial charge is 0.132 e. The molecule has 33 heavy (non-hydrogen) atoms. The monoisotopic (exact) mass is 500 g/mol. The lowest BCUT2D eigenvalue weighted by Gasteiger charge is -2.31. The molecule has 3 aromatic rings. The first kappa shape index (κ1) is 25.1. The maximum atomic E-state index is 10.7. The van der Waals surface area contributed by atoms with Crippen LogP contribution in [-0.2, 0) is 5.41 Å². The van der Waals surface area contributed by atoms with Gasteiger partial charge in [-0.15, -0.1) is 0 Å². The molecule has 0 aliphatic carbocycles. The van der Waals surface area contributed by atoms with E-state index in [1.807, 2.05) is 112 Å². The van der Waals surface area contributed by atoms with Crippen molar-refractivity contribution < 1.29 is 0 Å². The number of nitrogens with zero attached hydrogens (tertiary/aromatic N) is 4. The highest BCUT2D eigenvalue weighted by Crippen LogP contribution is 2.44. The summed E-state index contributed by atoms with van der Waals surface area (Å²) in [6.45, 7) is 0. The largest absolute Gasteiger partial charge is 0.376 e. The Labute approximate surface area is 211 Å². The fraction of sp³-hybridized carbons (Fsp3) is 0.269. The van der Waals surface area contributed by atoms with Gasteiger partial charge in [0.25, 0.3) is 0 Å². The van der Waals surface area contributed by atoms with Gasteiger partial charge in [-0.05, 0) is 53.1 Å². The van der Waals surface area contributed by atoms with E-state index in [0.29, 0.717) is 15.1 Å². The van der Waals surface area contributed by atoms with Crippen LogP contribution < -0.4 is 14.7 Å². The summed E-state index contributed by atoms with van der Waals surface area (Å²) in [5.74, 6) is 0. The first-order chi connectivity index (χ1) is 15.5. The molecule has 7 heteroatoms. The van der Waals surface area contributed by atoms with Crippen LogP contribution >= 0.6 is 34.8 Å². The Bertz CT molecular complexity index is 1070. The molecule has 0 bridgehead atoms. The molecule has 0 radical (unpaired) electrons. The Hall–Kier alpha value is -2.58. The maximum Gasteiger partial charge on any atom is 0.132 e. The summed E-state index contributed by atoms with van der Waals surface area (Å²) in [4.78, 5) is 5.81. The second-order valence-corrected chi connectivity index (χ2v) is 9.77. The number of hydrogen-bond donors (Lipinski definition) is 0. The number of nitriles is 1. The molecule has 3 aromatic carbocycles. The highest BCUT2D eigenvalue weighted by atomic mass is 35.5. The van der Waals surface area contributed by atoms with Crippen molar-refractivity contribution in [1.29, 1.82) is 5.26 Å². The minimum Gasteiger partial charge on any atom is -0.376 e. The van der Waals surface area contributed by atoms with E-state index in [4.69, 9.17) is 34.8 Å². The average Bonchev–Trinajstić information content (AvgIpc) is 2.74. The highest BCUT2D eigenvalue weighted by molar-refractivity contribution is 6.34. The zero-order valence-electron chi connectivity index (χ0n) is 19.6. The van der Waals surface area contributed by atoms with Gasteiger partial charge in [-0.3, -0.25) is 0 Å². The Balaban J connectivity index is 2.35. The molecule has 172 valence electrons. The lowest BCUT2D eigenvalue weighted by molar-refractivity contribution is 0.794. The summed E-state index contributed by atoms with van der Waals surface area (Å²) >= 11 is 19.9. The average molecular weight is 502 g/mol. The van der Waals surface area contributed by atoms with Crippen molar-refractivity contribution >= 4 is 51.9 Å². The van der Waals surface area contributed by atoms with E-state index in [1.165, 1.54) is 0 Å². The van der Waals surface area contributed by atoms with Crippen molar-refractivity contribution in [2.75, 3.05) is 57.0 Å². The number of hydrogen-bond acceptors (Lipinski definition) is 4. The van der Waals surface area contributed by atoms with Gasteiger partial charge in [0.15, 0.2) is 0 Å². The van der Waals surface area contributed by atoms with Gasteiger partial charge < -0.3 is 14.7 Å². The van der Waals surface area contributed by atoms with Gasteiger partial charge in [0, 0.05) is 42.3 Å². The molecule has 0 spiro atoms. The summed E-state index contributed by atoms with van der Waals surface area (Å²) in [5.41, 5.74) is 3.66. The van der Waals surface area contributed by atoms with Crippen LogP contribution in [0.2, 0.25) is 15.1 Å². The van der Waals surface area contributed by atoms with Gasteiger partial charge in [0.1, 0.15) is 5.41 Å². The molecular weight excluding hydrogens is 475 g/mol. The van der Waals surface area contributed by atoms with Crippen molar-refractivity contribution in [2.45, 2.75) is 5.41 Å². The summed E-state index contributed by atoms with van der Waals surface area (Å²) in [7, 11) is 11.6. The van der Waals surface area contributed by atoms with Crippen LogP contribution in [0.25, 0.3) is 0 Å². The van der Waals surface area contributed by atoms with E-state index in [0.717, 1.165) is 33.8 Å². The first-order valence-corrected chi connectivity index (χ1v) is 11.5. The minimum absolute atomic E-state index is 0.559. The molecule has 0 heterocycles. The van der Waals surface area contributed by atoms with Crippen LogP contribution in [-0.4, -0.2) is 42.3 Å². The lowest BCUT2D eigenvalue weighted by Crippen LogP contribution is -2.28. The minimum atomic E-state index is -1.17. The molecule has 0 saturated carbocycles. The van der Waals surface area contributed by atoms with Crippen LogP contribution in [0.3, 0.4) is 0 Å². The third-order valence-electron chi connectivity index (χ3n) is 5.76. The van der Waals surface area contributed by atoms with Crippen molar-refractivity contribution in [3.8, 4) is 6.07 Å². The fourth-order valence-electron chi connectivity index (χ4n) is 4.00. The fourth-order valence-corrected chi connectivity index (χ4v) is 5.05. The van der Waals surface area contributed by atoms with Crippen molar-refractivity contribution in [3.63, 3.8) is 0 Å². The van der Waals surface area contributed by atoms with Gasteiger partial charge in [-0.1, -0.05) is 53.0 Å². The number of rotatable bonds is 6. The Morgan fingerprint density at radius 1 is 0.576 bits per heavy atom. The number of halogens is 3. The maximum absolute atomic E-state index is 10.7. The molecule has 0 N–H and O–H groups in total. The second-order valence-electron chi connectivity index (χ2n) is 8.54. The molecule has 0 aliphatic heterocycles. The number of anilines is 3. The van der Waals surface area contributed by atoms with Crippen LogP contribution in [0.15, 0.2) is 54.6 Å². The first-order valence-electron chi connectivity index (χ1n) is 10.4. The Kier molecular flexibility index (Phi) is 7.39. The van der Waals surface area contributed by atoms with Crippen molar-refractivity contribution in [2.24, 2.45) is 0 Å². The van der Waals surface area contributed by atoms with E-state index in [2.05, 4.69) is 6.07 Å². The van der Waals surface area contributed by atoms with Gasteiger partial charge in [0.05, 0.1) is 38.2 Å². The summed E-state index contributed by atoms with van der Waals surface area (Å²) in [5, 5.41) is 12.4. The molecule has 0 fully saturated rings. The van der Waals surface area contributed by atoms with Gasteiger partial charge in [0.2, 0.25) is 0 Å². The van der Waals surface area contributed by atoms with E-state index in [9.17, 15) is 5.26 Å². The molecule has 0 atom stereocenters. The normalized spacial score (nSPS) is 11.2. The third kappa shape index (κ3) is 4.59. The second kappa shape index (κ2) is 9.73. The van der Waals surface area contributed by atoms with E-state index >= 15 is 0 Å². The molecular formula is C26H27Cl3N4. The number of benzene rings is 3. The standard InChI is InChI=1S/C26H27Cl3N4/c1-31(2)23-10-7-17(13-20(23)27)26(16-30,18-8-11-24(32(3)4)21(28)14-18)19-9-12-25(33(5)6)22(29)15-19/h7-15H,1-6H3. The molecule has 4 nitrogen and oxygen atoms in total. The van der Waals surface area contributed by atoms with E-state index in [-0.39, 0.29) is 0 Å². The Morgan fingerprint density at radius 2 is 0.848 bits per heavy atom. The van der Waals surface area contributed by atoms with Crippen LogP contribution in [0.1, 0.15) is 16.7 Å². The molecule has 3 rings (SSSR count). The van der Waals surface area contributed by atoms with Crippen LogP contribution in [0.5, 0.6) is 0 Å². The lowest BCUT2D eigenvalue weighted by atomic mass is 9.70. The summed E-state index contributed by atoms with van der Waals surface area (Å²) in [6.07, 6.45) is 0. The molecule has 0 saturated heterocycles. The van der Waals surface area contributed by atoms with E-state index < -0.39 is 5.41 Å². The predicted molar refractivity (Wildman–Crippen MR) is 143 cm³/mol. The van der Waals surface area contributed by atoms with Gasteiger partial charge in [-0.25, -0.2) is 0 Å². The van der Waals surface area contributed by atoms with Crippen molar-refractivity contribution in [1.82, 2.24) is 0 Å². The summed E-state index contributed by atoms with van der Waals surface area (Å²) < 4.78 is 0. The van der Waals surface area contributed by atoms with Crippen LogP contribution in [0, 0.1) is 11.3 Å². The molecule has 0 unspecified atom stereocenters. The molecule has 0 aromatic heterocycles. The SMILES string of the molecule is CN(C)c1ccc(C(C#N)(c2ccc(N(C)C)c(Cl)c2)c2ccc(N(C)C)c(Cl)c2)cc1Cl. The quantitative estimate of drug-likeness (QED) is 0.352. The topological polar surface area (TPSA) is 33.5 Å². The molecule has 0 amide bonds. The zero-order chi connectivity index (χ0) is 24.5.